The van der Waals surface area contributed by atoms with E-state index in [1.54, 1.807) is 36.3 Å². The Labute approximate surface area is 184 Å². The van der Waals surface area contributed by atoms with Crippen molar-refractivity contribution in [2.75, 3.05) is 38.6 Å². The van der Waals surface area contributed by atoms with E-state index in [1.165, 1.54) is 0 Å². The summed E-state index contributed by atoms with van der Waals surface area (Å²) < 4.78 is 5.10. The predicted molar refractivity (Wildman–Crippen MR) is 115 cm³/mol. The summed E-state index contributed by atoms with van der Waals surface area (Å²) in [6.07, 6.45) is 3.67. The zero-order valence-corrected chi connectivity index (χ0v) is 18.2. The summed E-state index contributed by atoms with van der Waals surface area (Å²) in [6, 6.07) is 6.91. The van der Waals surface area contributed by atoms with Gasteiger partial charge in [0.05, 0.1) is 13.0 Å². The second-order valence-corrected chi connectivity index (χ2v) is 8.70. The van der Waals surface area contributed by atoms with Gasteiger partial charge < -0.3 is 19.9 Å². The molecule has 10 heteroatoms. The number of nitrogens with one attached hydrogen (secondary N) is 1. The van der Waals surface area contributed by atoms with E-state index in [0.29, 0.717) is 24.5 Å². The highest BCUT2D eigenvalue weighted by Crippen LogP contribution is 2.24. The molecule has 2 aromatic rings. The van der Waals surface area contributed by atoms with Gasteiger partial charge in [-0.3, -0.25) is 14.4 Å². The van der Waals surface area contributed by atoms with Gasteiger partial charge in [0.15, 0.2) is 0 Å². The lowest BCUT2D eigenvalue weighted by molar-refractivity contribution is -0.135. The average molecular weight is 444 g/mol. The summed E-state index contributed by atoms with van der Waals surface area (Å²) >= 11 is 0.959. The number of hydrogen-bond acceptors (Lipinski definition) is 7. The van der Waals surface area contributed by atoms with E-state index >= 15 is 0 Å². The van der Waals surface area contributed by atoms with Gasteiger partial charge in [0.2, 0.25) is 15.9 Å². The molecule has 1 aromatic heterocycles. The smallest absolute Gasteiger partial charge is 0.286 e. The first-order valence-electron chi connectivity index (χ1n) is 10.4. The second-order valence-electron chi connectivity index (χ2n) is 7.72. The van der Waals surface area contributed by atoms with Gasteiger partial charge in [0, 0.05) is 31.9 Å². The van der Waals surface area contributed by atoms with Crippen molar-refractivity contribution in [3.63, 3.8) is 0 Å². The molecule has 0 aliphatic carbocycles. The van der Waals surface area contributed by atoms with E-state index < -0.39 is 5.91 Å². The highest BCUT2D eigenvalue weighted by Gasteiger charge is 2.33. The standard InChI is InChI=1S/C21H25N5O4S/c1-30-16-8-6-15(7-9-16)22-17(27)18-23-24-19(31-18)21(29)26-12-4-5-14(13-26)20(28)25-10-2-3-11-25/h6-9,14H,2-5,10-13H2,1H3,(H,22,27)/t14-/m0/s1. The molecule has 164 valence electrons. The molecule has 2 fully saturated rings. The van der Waals surface area contributed by atoms with E-state index in [4.69, 9.17) is 4.74 Å². The number of piperidine rings is 1. The Morgan fingerprint density at radius 3 is 2.39 bits per heavy atom. The highest BCUT2D eigenvalue weighted by molar-refractivity contribution is 7.15. The molecule has 3 heterocycles. The van der Waals surface area contributed by atoms with Crippen LogP contribution in [0.2, 0.25) is 0 Å². The number of ether oxygens (including phenoxy) is 1. The van der Waals surface area contributed by atoms with Gasteiger partial charge in [0.25, 0.3) is 11.8 Å². The number of hydrogen-bond donors (Lipinski definition) is 1. The molecule has 0 unspecified atom stereocenters. The van der Waals surface area contributed by atoms with Crippen molar-refractivity contribution in [1.29, 1.82) is 0 Å². The van der Waals surface area contributed by atoms with Crippen LogP contribution in [0.25, 0.3) is 0 Å². The molecular weight excluding hydrogens is 418 g/mol. The minimum Gasteiger partial charge on any atom is -0.497 e. The monoisotopic (exact) mass is 443 g/mol. The quantitative estimate of drug-likeness (QED) is 0.760. The molecule has 0 bridgehead atoms. The maximum Gasteiger partial charge on any atom is 0.286 e. The van der Waals surface area contributed by atoms with Crippen LogP contribution >= 0.6 is 11.3 Å². The first-order chi connectivity index (χ1) is 15.0. The van der Waals surface area contributed by atoms with E-state index in [2.05, 4.69) is 15.5 Å². The molecule has 0 radical (unpaired) electrons. The summed E-state index contributed by atoms with van der Waals surface area (Å²) in [6.45, 7) is 2.59. The maximum absolute atomic E-state index is 12.9. The van der Waals surface area contributed by atoms with Crippen LogP contribution < -0.4 is 10.1 Å². The fourth-order valence-corrected chi connectivity index (χ4v) is 4.66. The predicted octanol–water partition coefficient (Wildman–Crippen LogP) is 2.27. The highest BCUT2D eigenvalue weighted by atomic mass is 32.1. The van der Waals surface area contributed by atoms with Crippen molar-refractivity contribution in [1.82, 2.24) is 20.0 Å². The summed E-state index contributed by atoms with van der Waals surface area (Å²) in [5.74, 6) is -0.0411. The van der Waals surface area contributed by atoms with Crippen LogP contribution in [0.4, 0.5) is 5.69 Å². The van der Waals surface area contributed by atoms with Crippen LogP contribution in [0.5, 0.6) is 5.75 Å². The lowest BCUT2D eigenvalue weighted by Crippen LogP contribution is -2.46. The van der Waals surface area contributed by atoms with E-state index in [9.17, 15) is 14.4 Å². The van der Waals surface area contributed by atoms with Crippen molar-refractivity contribution in [3.8, 4) is 5.75 Å². The second kappa shape index (κ2) is 9.42. The number of carbonyl (C=O) groups is 3. The molecule has 0 spiro atoms. The first kappa shape index (κ1) is 21.2. The number of aromatic nitrogens is 2. The maximum atomic E-state index is 12.9. The summed E-state index contributed by atoms with van der Waals surface area (Å²) in [5.41, 5.74) is 0.591. The molecule has 31 heavy (non-hydrogen) atoms. The Morgan fingerprint density at radius 1 is 1.00 bits per heavy atom. The fourth-order valence-electron chi connectivity index (χ4n) is 3.95. The van der Waals surface area contributed by atoms with E-state index in [1.807, 2.05) is 4.90 Å². The number of methoxy groups -OCH3 is 1. The number of carbonyl (C=O) groups excluding carboxylic acids is 3. The third kappa shape index (κ3) is 4.84. The van der Waals surface area contributed by atoms with Crippen LogP contribution in [-0.2, 0) is 4.79 Å². The number of amides is 3. The van der Waals surface area contributed by atoms with E-state index in [0.717, 1.165) is 50.1 Å². The molecule has 3 amide bonds. The van der Waals surface area contributed by atoms with Crippen molar-refractivity contribution in [3.05, 3.63) is 34.3 Å². The fraction of sp³-hybridized carbons (Fsp3) is 0.476. The Balaban J connectivity index is 1.37. The van der Waals surface area contributed by atoms with Gasteiger partial charge in [-0.25, -0.2) is 0 Å². The Morgan fingerprint density at radius 2 is 1.68 bits per heavy atom. The van der Waals surface area contributed by atoms with Gasteiger partial charge in [0.1, 0.15) is 5.75 Å². The van der Waals surface area contributed by atoms with Crippen LogP contribution in [0, 0.1) is 5.92 Å². The molecule has 2 saturated heterocycles. The van der Waals surface area contributed by atoms with Gasteiger partial charge >= 0.3 is 0 Å². The number of benzene rings is 1. The SMILES string of the molecule is COc1ccc(NC(=O)c2nnc(C(=O)N3CCC[C@H](C(=O)N4CCCC4)C3)s2)cc1. The zero-order chi connectivity index (χ0) is 21.8. The molecule has 4 rings (SSSR count). The summed E-state index contributed by atoms with van der Waals surface area (Å²) in [4.78, 5) is 41.7. The number of anilines is 1. The molecule has 9 nitrogen and oxygen atoms in total. The summed E-state index contributed by atoms with van der Waals surface area (Å²) in [5, 5.41) is 10.8. The average Bonchev–Trinajstić information content (AvgIpc) is 3.51. The lowest BCUT2D eigenvalue weighted by atomic mass is 9.96. The molecule has 2 aliphatic heterocycles. The van der Waals surface area contributed by atoms with Crippen molar-refractivity contribution >= 4 is 34.7 Å². The number of likely N-dealkylation sites (tertiary alicyclic amines) is 2. The van der Waals surface area contributed by atoms with Gasteiger partial charge in [-0.15, -0.1) is 10.2 Å². The topological polar surface area (TPSA) is 105 Å². The summed E-state index contributed by atoms with van der Waals surface area (Å²) in [7, 11) is 1.57. The Kier molecular flexibility index (Phi) is 6.45. The lowest BCUT2D eigenvalue weighted by Gasteiger charge is -2.33. The Hall–Kier alpha value is -3.01. The Bertz CT molecular complexity index is 955. The van der Waals surface area contributed by atoms with Crippen molar-refractivity contribution < 1.29 is 19.1 Å². The first-order valence-corrected chi connectivity index (χ1v) is 11.2. The van der Waals surface area contributed by atoms with Gasteiger partial charge in [-0.05, 0) is 49.9 Å². The minimum atomic E-state index is -0.428. The third-order valence-electron chi connectivity index (χ3n) is 5.63. The van der Waals surface area contributed by atoms with Gasteiger partial charge in [-0.1, -0.05) is 11.3 Å². The van der Waals surface area contributed by atoms with Crippen molar-refractivity contribution in [2.24, 2.45) is 5.92 Å². The minimum absolute atomic E-state index is 0.112. The molecule has 0 saturated carbocycles. The van der Waals surface area contributed by atoms with E-state index in [-0.39, 0.29) is 27.7 Å². The van der Waals surface area contributed by atoms with Crippen LogP contribution in [0.15, 0.2) is 24.3 Å². The van der Waals surface area contributed by atoms with Crippen LogP contribution in [0.3, 0.4) is 0 Å². The largest absolute Gasteiger partial charge is 0.497 e. The van der Waals surface area contributed by atoms with Crippen LogP contribution in [0.1, 0.15) is 45.3 Å². The molecule has 2 aliphatic rings. The number of rotatable bonds is 5. The zero-order valence-electron chi connectivity index (χ0n) is 17.4. The van der Waals surface area contributed by atoms with Crippen LogP contribution in [-0.4, -0.2) is 71.0 Å². The number of nitrogens with zero attached hydrogens (tertiary/aromatic N) is 4. The third-order valence-corrected chi connectivity index (χ3v) is 6.54. The molecular formula is C21H25N5O4S. The molecule has 1 aromatic carbocycles. The van der Waals surface area contributed by atoms with Gasteiger partial charge in [-0.2, -0.15) is 0 Å². The molecule has 1 N–H and O–H groups in total. The van der Waals surface area contributed by atoms with Crippen molar-refractivity contribution in [2.45, 2.75) is 25.7 Å². The normalized spacial score (nSPS) is 18.7. The molecule has 1 atom stereocenters.